The Hall–Kier alpha value is -0.163. The Morgan fingerprint density at radius 1 is 1.17 bits per heavy atom. The number of ether oxygens (including phenoxy) is 2. The van der Waals surface area contributed by atoms with Crippen LogP contribution in [0, 0.1) is 17.3 Å². The predicted octanol–water partition coefficient (Wildman–Crippen LogP) is 4.59. The van der Waals surface area contributed by atoms with Crippen molar-refractivity contribution >= 4 is 8.07 Å². The van der Waals surface area contributed by atoms with Gasteiger partial charge in [0.25, 0.3) is 0 Å². The van der Waals surface area contributed by atoms with Crippen molar-refractivity contribution in [3.8, 4) is 0 Å². The van der Waals surface area contributed by atoms with E-state index in [2.05, 4.69) is 46.5 Å². The lowest BCUT2D eigenvalue weighted by atomic mass is 9.90. The zero-order valence-electron chi connectivity index (χ0n) is 16.4. The summed E-state index contributed by atoms with van der Waals surface area (Å²) >= 11 is 0. The monoisotopic (exact) mass is 352 g/mol. The molecule has 0 amide bonds. The third-order valence-corrected chi connectivity index (χ3v) is 8.12. The van der Waals surface area contributed by atoms with Gasteiger partial charge in [-0.3, -0.25) is 0 Å². The minimum Gasteiger partial charge on any atom is -0.386 e. The maximum atomic E-state index is 11.4. The normalized spacial score (nSPS) is 37.5. The molecule has 3 aliphatic rings. The molecule has 3 rings (SSSR count). The molecule has 2 aliphatic carbocycles. The van der Waals surface area contributed by atoms with Crippen LogP contribution in [0.15, 0.2) is 11.6 Å². The van der Waals surface area contributed by atoms with Crippen molar-refractivity contribution in [2.45, 2.75) is 83.5 Å². The number of hydrogen-bond acceptors (Lipinski definition) is 3. The molecular weight excluding hydrogens is 316 g/mol. The molecule has 24 heavy (non-hydrogen) atoms. The van der Waals surface area contributed by atoms with Crippen LogP contribution in [-0.4, -0.2) is 37.8 Å². The summed E-state index contributed by atoms with van der Waals surface area (Å²) in [5, 5.41) is 11.4. The maximum Gasteiger partial charge on any atom is 0.165 e. The molecule has 3 atom stereocenters. The topological polar surface area (TPSA) is 38.7 Å². The minimum absolute atomic E-state index is 0.290. The Kier molecular flexibility index (Phi) is 4.60. The van der Waals surface area contributed by atoms with Crippen LogP contribution in [0.1, 0.15) is 46.5 Å². The van der Waals surface area contributed by atoms with E-state index >= 15 is 0 Å². The molecule has 1 saturated heterocycles. The summed E-state index contributed by atoms with van der Waals surface area (Å²) in [7, 11) is -1.31. The van der Waals surface area contributed by atoms with Crippen LogP contribution in [0.5, 0.6) is 0 Å². The summed E-state index contributed by atoms with van der Waals surface area (Å²) in [6.07, 6.45) is 6.40. The summed E-state index contributed by atoms with van der Waals surface area (Å²) in [5.41, 5.74) is 1.11. The van der Waals surface area contributed by atoms with Crippen LogP contribution in [0.3, 0.4) is 0 Å². The van der Waals surface area contributed by atoms with E-state index in [0.29, 0.717) is 17.3 Å². The zero-order valence-corrected chi connectivity index (χ0v) is 17.4. The zero-order chi connectivity index (χ0) is 17.8. The fourth-order valence-electron chi connectivity index (χ4n) is 5.30. The first-order valence-corrected chi connectivity index (χ1v) is 13.4. The molecule has 1 saturated carbocycles. The number of allylic oxidation sites excluding steroid dienone is 1. The van der Waals surface area contributed by atoms with E-state index in [9.17, 15) is 5.11 Å². The van der Waals surface area contributed by atoms with Crippen molar-refractivity contribution in [1.82, 2.24) is 0 Å². The van der Waals surface area contributed by atoms with E-state index in [1.54, 1.807) is 0 Å². The second-order valence-corrected chi connectivity index (χ2v) is 15.7. The first-order valence-electron chi connectivity index (χ1n) is 9.68. The van der Waals surface area contributed by atoms with Crippen LogP contribution >= 0.6 is 0 Å². The van der Waals surface area contributed by atoms with Crippen LogP contribution in [0.4, 0.5) is 0 Å². The van der Waals surface area contributed by atoms with Gasteiger partial charge in [0, 0.05) is 14.5 Å². The Balaban J connectivity index is 1.67. The van der Waals surface area contributed by atoms with Gasteiger partial charge in [-0.15, -0.1) is 0 Å². The Morgan fingerprint density at radius 3 is 2.38 bits per heavy atom. The Morgan fingerprint density at radius 2 is 1.79 bits per heavy atom. The van der Waals surface area contributed by atoms with Gasteiger partial charge in [-0.2, -0.15) is 0 Å². The van der Waals surface area contributed by atoms with E-state index in [1.807, 2.05) is 0 Å². The van der Waals surface area contributed by atoms with Crippen molar-refractivity contribution in [3.63, 3.8) is 0 Å². The van der Waals surface area contributed by atoms with E-state index in [1.165, 1.54) is 5.57 Å². The number of aliphatic hydroxyl groups is 1. The highest BCUT2D eigenvalue weighted by Crippen LogP contribution is 2.67. The van der Waals surface area contributed by atoms with Crippen LogP contribution in [0.2, 0.25) is 25.7 Å². The smallest absolute Gasteiger partial charge is 0.165 e. The van der Waals surface area contributed by atoms with E-state index in [4.69, 9.17) is 9.47 Å². The molecule has 1 heterocycles. The first kappa shape index (κ1) is 18.6. The standard InChI is InChI=1S/C20H36O3Si/c1-18(2)15(9-11-19(3)22-12-13-23-19)17(18)16-8-7-10-20(16,21)14-24(4,5)6/h8,15,17,21H,7,9-14H2,1-6H3/t15-,17-,20?/m1/s1. The fourth-order valence-corrected chi connectivity index (χ4v) is 7.44. The summed E-state index contributed by atoms with van der Waals surface area (Å²) < 4.78 is 11.5. The number of rotatable bonds is 6. The lowest BCUT2D eigenvalue weighted by molar-refractivity contribution is -0.148. The maximum absolute atomic E-state index is 11.4. The van der Waals surface area contributed by atoms with Gasteiger partial charge < -0.3 is 14.6 Å². The van der Waals surface area contributed by atoms with E-state index < -0.39 is 13.7 Å². The highest BCUT2D eigenvalue weighted by atomic mass is 28.3. The fraction of sp³-hybridized carbons (Fsp3) is 0.900. The average molecular weight is 353 g/mol. The molecule has 2 fully saturated rings. The molecule has 0 radical (unpaired) electrons. The summed E-state index contributed by atoms with van der Waals surface area (Å²) in [6.45, 7) is 15.3. The third-order valence-electron chi connectivity index (χ3n) is 6.48. The van der Waals surface area contributed by atoms with Crippen molar-refractivity contribution in [3.05, 3.63) is 11.6 Å². The molecule has 0 spiro atoms. The van der Waals surface area contributed by atoms with E-state index in [-0.39, 0.29) is 5.79 Å². The van der Waals surface area contributed by atoms with Crippen LogP contribution < -0.4 is 0 Å². The molecule has 0 aromatic rings. The lowest BCUT2D eigenvalue weighted by Gasteiger charge is -2.33. The molecule has 138 valence electrons. The quantitative estimate of drug-likeness (QED) is 0.561. The molecule has 1 unspecified atom stereocenters. The minimum atomic E-state index is -1.31. The molecule has 4 heteroatoms. The number of hydrogen-bond donors (Lipinski definition) is 1. The predicted molar refractivity (Wildman–Crippen MR) is 101 cm³/mol. The van der Waals surface area contributed by atoms with Gasteiger partial charge in [0.1, 0.15) is 0 Å². The van der Waals surface area contributed by atoms with Crippen molar-refractivity contribution < 1.29 is 14.6 Å². The largest absolute Gasteiger partial charge is 0.386 e. The van der Waals surface area contributed by atoms with Gasteiger partial charge in [-0.05, 0) is 55.1 Å². The average Bonchev–Trinajstić information content (AvgIpc) is 2.79. The molecule has 0 aromatic heterocycles. The first-order chi connectivity index (χ1) is 11.0. The third kappa shape index (κ3) is 3.53. The summed E-state index contributed by atoms with van der Waals surface area (Å²) in [5.74, 6) is 0.785. The van der Waals surface area contributed by atoms with Crippen molar-refractivity contribution in [1.29, 1.82) is 0 Å². The van der Waals surface area contributed by atoms with Gasteiger partial charge >= 0.3 is 0 Å². The molecular formula is C20H36O3Si. The summed E-state index contributed by atoms with van der Waals surface area (Å²) in [6, 6.07) is 0.995. The Bertz CT molecular complexity index is 513. The van der Waals surface area contributed by atoms with Crippen molar-refractivity contribution in [2.24, 2.45) is 17.3 Å². The van der Waals surface area contributed by atoms with Crippen molar-refractivity contribution in [2.75, 3.05) is 13.2 Å². The summed E-state index contributed by atoms with van der Waals surface area (Å²) in [4.78, 5) is 0. The van der Waals surface area contributed by atoms with Gasteiger partial charge in [0.05, 0.1) is 18.8 Å². The molecule has 0 bridgehead atoms. The van der Waals surface area contributed by atoms with Gasteiger partial charge in [0.15, 0.2) is 5.79 Å². The SMILES string of the molecule is CC1(CC[C@@H]2[C@H](C3=CCCC3(O)C[Si](C)(C)C)C2(C)C)OCCO1. The van der Waals surface area contributed by atoms with Crippen LogP contribution in [0.25, 0.3) is 0 Å². The second kappa shape index (κ2) is 5.93. The second-order valence-electron chi connectivity index (χ2n) is 10.2. The van der Waals surface area contributed by atoms with Gasteiger partial charge in [-0.1, -0.05) is 39.6 Å². The molecule has 1 aliphatic heterocycles. The molecule has 1 N–H and O–H groups in total. The molecule has 3 nitrogen and oxygen atoms in total. The van der Waals surface area contributed by atoms with Crippen LogP contribution in [-0.2, 0) is 9.47 Å². The lowest BCUT2D eigenvalue weighted by Crippen LogP contribution is -2.38. The molecule has 0 aromatic carbocycles. The van der Waals surface area contributed by atoms with Gasteiger partial charge in [-0.25, -0.2) is 0 Å². The highest BCUT2D eigenvalue weighted by molar-refractivity contribution is 6.76. The van der Waals surface area contributed by atoms with Gasteiger partial charge in [0.2, 0.25) is 0 Å². The highest BCUT2D eigenvalue weighted by Gasteiger charge is 2.62. The Labute approximate surface area is 148 Å². The van der Waals surface area contributed by atoms with E-state index in [0.717, 1.165) is 44.9 Å².